The zero-order chi connectivity index (χ0) is 17.3. The van der Waals surface area contributed by atoms with Gasteiger partial charge in [-0.3, -0.25) is 0 Å². The number of rotatable bonds is 4. The molecule has 3 heterocycles. The number of hydrogen-bond acceptors (Lipinski definition) is 7. The van der Waals surface area contributed by atoms with Crippen LogP contribution >= 0.6 is 0 Å². The van der Waals surface area contributed by atoms with Gasteiger partial charge < -0.3 is 14.9 Å². The number of anilines is 2. The number of aromatic nitrogens is 4. The summed E-state index contributed by atoms with van der Waals surface area (Å²) in [5, 5.41) is 9.70. The average molecular weight is 328 g/mol. The summed E-state index contributed by atoms with van der Waals surface area (Å²) < 4.78 is 0. The van der Waals surface area contributed by atoms with Crippen LogP contribution in [0.15, 0.2) is 12.3 Å². The third-order valence-electron chi connectivity index (χ3n) is 4.19. The van der Waals surface area contributed by atoms with Gasteiger partial charge >= 0.3 is 0 Å². The highest BCUT2D eigenvalue weighted by atomic mass is 16.3. The molecule has 7 heteroatoms. The predicted octanol–water partition coefficient (Wildman–Crippen LogP) is 1.51. The minimum atomic E-state index is -0.670. The number of aliphatic hydroxyl groups excluding tert-OH is 1. The quantitative estimate of drug-likeness (QED) is 0.911. The van der Waals surface area contributed by atoms with Crippen molar-refractivity contribution in [2.45, 2.75) is 39.3 Å². The minimum Gasteiger partial charge on any atom is -0.385 e. The van der Waals surface area contributed by atoms with Gasteiger partial charge in [-0.15, -0.1) is 0 Å². The number of aryl methyl sites for hydroxylation is 1. The van der Waals surface area contributed by atoms with Crippen molar-refractivity contribution in [2.24, 2.45) is 0 Å². The SMILES string of the molecule is CCc1nc2c(c(N(C)C)n1)CCN(c1ccnc(C(C)O)n1)C2. The first-order valence-electron chi connectivity index (χ1n) is 8.31. The Morgan fingerprint density at radius 1 is 1.29 bits per heavy atom. The van der Waals surface area contributed by atoms with E-state index < -0.39 is 6.10 Å². The molecule has 1 unspecified atom stereocenters. The molecule has 0 fully saturated rings. The van der Waals surface area contributed by atoms with Gasteiger partial charge in [-0.25, -0.2) is 19.9 Å². The second kappa shape index (κ2) is 6.68. The van der Waals surface area contributed by atoms with Gasteiger partial charge in [0.25, 0.3) is 0 Å². The van der Waals surface area contributed by atoms with E-state index in [1.807, 2.05) is 20.2 Å². The van der Waals surface area contributed by atoms with Crippen molar-refractivity contribution in [1.29, 1.82) is 0 Å². The monoisotopic (exact) mass is 328 g/mol. The third kappa shape index (κ3) is 3.17. The molecule has 1 atom stereocenters. The first-order chi connectivity index (χ1) is 11.5. The summed E-state index contributed by atoms with van der Waals surface area (Å²) in [6.07, 6.45) is 2.72. The highest BCUT2D eigenvalue weighted by Gasteiger charge is 2.24. The maximum Gasteiger partial charge on any atom is 0.158 e. The molecule has 0 saturated carbocycles. The van der Waals surface area contributed by atoms with E-state index in [0.717, 1.165) is 42.5 Å². The Morgan fingerprint density at radius 3 is 2.75 bits per heavy atom. The zero-order valence-electron chi connectivity index (χ0n) is 14.7. The minimum absolute atomic E-state index is 0.448. The number of fused-ring (bicyclic) bond motifs is 1. The van der Waals surface area contributed by atoms with Crippen LogP contribution in [0, 0.1) is 0 Å². The van der Waals surface area contributed by atoms with Crippen LogP contribution < -0.4 is 9.80 Å². The Labute approximate surface area is 142 Å². The summed E-state index contributed by atoms with van der Waals surface area (Å²) in [7, 11) is 4.04. The van der Waals surface area contributed by atoms with E-state index in [-0.39, 0.29) is 0 Å². The Bertz CT molecular complexity index is 731. The smallest absolute Gasteiger partial charge is 0.158 e. The van der Waals surface area contributed by atoms with Gasteiger partial charge in [0, 0.05) is 38.8 Å². The molecule has 0 aliphatic carbocycles. The zero-order valence-corrected chi connectivity index (χ0v) is 14.7. The van der Waals surface area contributed by atoms with Crippen LogP contribution in [-0.2, 0) is 19.4 Å². The molecule has 1 aliphatic heterocycles. The molecule has 0 radical (unpaired) electrons. The first-order valence-corrected chi connectivity index (χ1v) is 8.31. The van der Waals surface area contributed by atoms with Gasteiger partial charge in [0.15, 0.2) is 5.82 Å². The fourth-order valence-corrected chi connectivity index (χ4v) is 2.93. The van der Waals surface area contributed by atoms with Crippen LogP contribution in [0.1, 0.15) is 42.9 Å². The lowest BCUT2D eigenvalue weighted by Gasteiger charge is -2.31. The van der Waals surface area contributed by atoms with E-state index in [2.05, 4.69) is 31.7 Å². The normalized spacial score (nSPS) is 15.1. The van der Waals surface area contributed by atoms with Gasteiger partial charge in [-0.05, 0) is 19.4 Å². The fraction of sp³-hybridized carbons (Fsp3) is 0.529. The van der Waals surface area contributed by atoms with E-state index >= 15 is 0 Å². The largest absolute Gasteiger partial charge is 0.385 e. The van der Waals surface area contributed by atoms with Gasteiger partial charge in [-0.1, -0.05) is 6.92 Å². The molecular weight excluding hydrogens is 304 g/mol. The van der Waals surface area contributed by atoms with E-state index in [1.165, 1.54) is 5.56 Å². The van der Waals surface area contributed by atoms with Gasteiger partial charge in [-0.2, -0.15) is 0 Å². The molecule has 24 heavy (non-hydrogen) atoms. The second-order valence-electron chi connectivity index (χ2n) is 6.26. The summed E-state index contributed by atoms with van der Waals surface area (Å²) in [5.74, 6) is 3.16. The molecule has 128 valence electrons. The van der Waals surface area contributed by atoms with Crippen LogP contribution in [0.25, 0.3) is 0 Å². The van der Waals surface area contributed by atoms with Crippen molar-refractivity contribution in [3.8, 4) is 0 Å². The van der Waals surface area contributed by atoms with E-state index in [9.17, 15) is 5.11 Å². The maximum absolute atomic E-state index is 9.70. The lowest BCUT2D eigenvalue weighted by molar-refractivity contribution is 0.189. The van der Waals surface area contributed by atoms with Crippen LogP contribution in [-0.4, -0.2) is 45.7 Å². The molecule has 0 aromatic carbocycles. The molecule has 0 spiro atoms. The van der Waals surface area contributed by atoms with E-state index in [4.69, 9.17) is 4.98 Å². The number of nitrogens with zero attached hydrogens (tertiary/aromatic N) is 6. The van der Waals surface area contributed by atoms with E-state index in [0.29, 0.717) is 12.4 Å². The lowest BCUT2D eigenvalue weighted by Crippen LogP contribution is -2.34. The van der Waals surface area contributed by atoms with Gasteiger partial charge in [0.2, 0.25) is 0 Å². The molecule has 2 aromatic rings. The molecule has 0 amide bonds. The Balaban J connectivity index is 1.94. The van der Waals surface area contributed by atoms with E-state index in [1.54, 1.807) is 13.1 Å². The van der Waals surface area contributed by atoms with Crippen LogP contribution in [0.5, 0.6) is 0 Å². The summed E-state index contributed by atoms with van der Waals surface area (Å²) in [4.78, 5) is 22.3. The van der Waals surface area contributed by atoms with Crippen molar-refractivity contribution < 1.29 is 5.11 Å². The molecule has 0 saturated heterocycles. The molecular formula is C17H24N6O. The van der Waals surface area contributed by atoms with Crippen LogP contribution in [0.3, 0.4) is 0 Å². The first kappa shape index (κ1) is 16.6. The van der Waals surface area contributed by atoms with Crippen molar-refractivity contribution in [3.05, 3.63) is 35.2 Å². The third-order valence-corrected chi connectivity index (χ3v) is 4.19. The second-order valence-corrected chi connectivity index (χ2v) is 6.26. The van der Waals surface area contributed by atoms with Crippen molar-refractivity contribution >= 4 is 11.6 Å². The van der Waals surface area contributed by atoms with Crippen molar-refractivity contribution in [1.82, 2.24) is 19.9 Å². The Hall–Kier alpha value is -2.28. The number of aliphatic hydroxyl groups is 1. The van der Waals surface area contributed by atoms with Crippen molar-refractivity contribution in [2.75, 3.05) is 30.4 Å². The number of hydrogen-bond donors (Lipinski definition) is 1. The topological polar surface area (TPSA) is 78.3 Å². The summed E-state index contributed by atoms with van der Waals surface area (Å²) in [6, 6.07) is 1.88. The summed E-state index contributed by atoms with van der Waals surface area (Å²) >= 11 is 0. The molecule has 1 N–H and O–H groups in total. The Morgan fingerprint density at radius 2 is 2.08 bits per heavy atom. The average Bonchev–Trinajstić information content (AvgIpc) is 2.60. The highest BCUT2D eigenvalue weighted by molar-refractivity contribution is 5.52. The molecule has 1 aliphatic rings. The van der Waals surface area contributed by atoms with Crippen LogP contribution in [0.4, 0.5) is 11.6 Å². The molecule has 7 nitrogen and oxygen atoms in total. The maximum atomic E-state index is 9.70. The molecule has 2 aromatic heterocycles. The van der Waals surface area contributed by atoms with Crippen LogP contribution in [0.2, 0.25) is 0 Å². The highest BCUT2D eigenvalue weighted by Crippen LogP contribution is 2.28. The van der Waals surface area contributed by atoms with Gasteiger partial charge in [0.05, 0.1) is 12.2 Å². The Kier molecular flexibility index (Phi) is 4.62. The standard InChI is InChI=1S/C17H24N6O/c1-5-14-19-13-10-23(9-7-12(13)17(20-14)22(3)4)15-6-8-18-16(21-15)11(2)24/h6,8,11,24H,5,7,9-10H2,1-4H3. The van der Waals surface area contributed by atoms with Crippen molar-refractivity contribution in [3.63, 3.8) is 0 Å². The molecule has 0 bridgehead atoms. The summed E-state index contributed by atoms with van der Waals surface area (Å²) in [5.41, 5.74) is 2.28. The fourth-order valence-electron chi connectivity index (χ4n) is 2.93. The summed E-state index contributed by atoms with van der Waals surface area (Å²) in [6.45, 7) is 5.29. The molecule has 3 rings (SSSR count). The predicted molar refractivity (Wildman–Crippen MR) is 93.2 cm³/mol. The van der Waals surface area contributed by atoms with Gasteiger partial charge in [0.1, 0.15) is 23.6 Å². The lowest BCUT2D eigenvalue weighted by atomic mass is 10.0.